The number of phenols is 2. The highest BCUT2D eigenvalue weighted by atomic mass is 16.5. The highest BCUT2D eigenvalue weighted by molar-refractivity contribution is 5.51. The highest BCUT2D eigenvalue weighted by Gasteiger charge is 2.08. The lowest BCUT2D eigenvalue weighted by molar-refractivity contribution is 0.350. The number of hydrogen-bond acceptors (Lipinski definition) is 3. The van der Waals surface area contributed by atoms with Crippen molar-refractivity contribution in [2.75, 3.05) is 7.11 Å². The Morgan fingerprint density at radius 3 is 2.71 bits per heavy atom. The Morgan fingerprint density at radius 2 is 2.14 bits per heavy atom. The SMILES string of the molecule is C#CCCc1cc(O)c(O)c(OC)c1. The maximum atomic E-state index is 9.33. The van der Waals surface area contributed by atoms with E-state index in [0.717, 1.165) is 5.56 Å². The zero-order chi connectivity index (χ0) is 10.6. The van der Waals surface area contributed by atoms with Crippen molar-refractivity contribution in [3.05, 3.63) is 17.7 Å². The normalized spacial score (nSPS) is 9.43. The molecule has 0 atom stereocenters. The number of phenolic OH excluding ortho intramolecular Hbond substituents is 2. The minimum atomic E-state index is -0.239. The second-order valence-electron chi connectivity index (χ2n) is 2.87. The van der Waals surface area contributed by atoms with Gasteiger partial charge in [-0.25, -0.2) is 0 Å². The summed E-state index contributed by atoms with van der Waals surface area (Å²) in [5.41, 5.74) is 0.843. The molecule has 0 heterocycles. The number of ether oxygens (including phenoxy) is 1. The minimum Gasteiger partial charge on any atom is -0.504 e. The van der Waals surface area contributed by atoms with Crippen LogP contribution in [0.5, 0.6) is 17.2 Å². The summed E-state index contributed by atoms with van der Waals surface area (Å²) in [5, 5.41) is 18.7. The van der Waals surface area contributed by atoms with Gasteiger partial charge in [-0.15, -0.1) is 12.3 Å². The lowest BCUT2D eigenvalue weighted by Gasteiger charge is -2.07. The third-order valence-electron chi connectivity index (χ3n) is 1.89. The summed E-state index contributed by atoms with van der Waals surface area (Å²) in [4.78, 5) is 0. The first-order valence-electron chi connectivity index (χ1n) is 4.21. The number of terminal acetylenes is 1. The van der Waals surface area contributed by atoms with E-state index in [0.29, 0.717) is 12.8 Å². The molecule has 0 saturated carbocycles. The summed E-state index contributed by atoms with van der Waals surface area (Å²) in [7, 11) is 1.43. The van der Waals surface area contributed by atoms with Crippen LogP contribution >= 0.6 is 0 Å². The second-order valence-corrected chi connectivity index (χ2v) is 2.87. The van der Waals surface area contributed by atoms with Gasteiger partial charge in [0.1, 0.15) is 0 Å². The van der Waals surface area contributed by atoms with Gasteiger partial charge in [0.25, 0.3) is 0 Å². The molecule has 0 saturated heterocycles. The fourth-order valence-corrected chi connectivity index (χ4v) is 1.17. The molecule has 1 aromatic rings. The van der Waals surface area contributed by atoms with Crippen molar-refractivity contribution >= 4 is 0 Å². The van der Waals surface area contributed by atoms with Gasteiger partial charge in [-0.05, 0) is 24.1 Å². The van der Waals surface area contributed by atoms with Crippen LogP contribution < -0.4 is 4.74 Å². The van der Waals surface area contributed by atoms with Crippen molar-refractivity contribution in [3.63, 3.8) is 0 Å². The van der Waals surface area contributed by atoms with Crippen molar-refractivity contribution < 1.29 is 14.9 Å². The van der Waals surface area contributed by atoms with Gasteiger partial charge in [-0.1, -0.05) is 0 Å². The summed E-state index contributed by atoms with van der Waals surface area (Å²) in [5.74, 6) is 2.34. The number of methoxy groups -OCH3 is 1. The lowest BCUT2D eigenvalue weighted by Crippen LogP contribution is -1.89. The van der Waals surface area contributed by atoms with Crippen LogP contribution in [0, 0.1) is 12.3 Å². The smallest absolute Gasteiger partial charge is 0.200 e. The van der Waals surface area contributed by atoms with E-state index in [4.69, 9.17) is 11.2 Å². The molecule has 0 bridgehead atoms. The molecule has 0 amide bonds. The van der Waals surface area contributed by atoms with Crippen molar-refractivity contribution in [2.24, 2.45) is 0 Å². The molecule has 0 aliphatic heterocycles. The van der Waals surface area contributed by atoms with Gasteiger partial charge in [-0.2, -0.15) is 0 Å². The first-order chi connectivity index (χ1) is 6.69. The van der Waals surface area contributed by atoms with E-state index in [2.05, 4.69) is 5.92 Å². The maximum Gasteiger partial charge on any atom is 0.200 e. The molecule has 0 unspecified atom stereocenters. The molecule has 3 heteroatoms. The number of benzene rings is 1. The van der Waals surface area contributed by atoms with Gasteiger partial charge >= 0.3 is 0 Å². The Kier molecular flexibility index (Phi) is 3.24. The number of aryl methyl sites for hydroxylation is 1. The van der Waals surface area contributed by atoms with E-state index >= 15 is 0 Å². The fraction of sp³-hybridized carbons (Fsp3) is 0.273. The predicted molar refractivity (Wildman–Crippen MR) is 53.5 cm³/mol. The van der Waals surface area contributed by atoms with Gasteiger partial charge in [-0.3, -0.25) is 0 Å². The predicted octanol–water partition coefficient (Wildman–Crippen LogP) is 1.67. The van der Waals surface area contributed by atoms with Crippen LogP contribution in [0.15, 0.2) is 12.1 Å². The summed E-state index contributed by atoms with van der Waals surface area (Å²) in [6.45, 7) is 0. The van der Waals surface area contributed by atoms with Crippen LogP contribution in [-0.2, 0) is 6.42 Å². The molecule has 14 heavy (non-hydrogen) atoms. The van der Waals surface area contributed by atoms with Crippen LogP contribution in [0.25, 0.3) is 0 Å². The van der Waals surface area contributed by atoms with Crippen LogP contribution in [0.4, 0.5) is 0 Å². The molecular formula is C11H12O3. The monoisotopic (exact) mass is 192 g/mol. The van der Waals surface area contributed by atoms with E-state index in [1.165, 1.54) is 13.2 Å². The summed E-state index contributed by atoms with van der Waals surface area (Å²) in [6, 6.07) is 3.14. The largest absolute Gasteiger partial charge is 0.504 e. The van der Waals surface area contributed by atoms with Crippen LogP contribution in [0.3, 0.4) is 0 Å². The standard InChI is InChI=1S/C11H12O3/c1-3-4-5-8-6-9(12)11(13)10(7-8)14-2/h1,6-7,12-13H,4-5H2,2H3. The Balaban J connectivity index is 2.98. The van der Waals surface area contributed by atoms with Gasteiger partial charge in [0.15, 0.2) is 11.5 Å². The number of rotatable bonds is 3. The number of aromatic hydroxyl groups is 2. The summed E-state index contributed by atoms with van der Waals surface area (Å²) >= 11 is 0. The average Bonchev–Trinajstić information content (AvgIpc) is 2.19. The third-order valence-corrected chi connectivity index (χ3v) is 1.89. The summed E-state index contributed by atoms with van der Waals surface area (Å²) in [6.07, 6.45) is 6.37. The lowest BCUT2D eigenvalue weighted by atomic mass is 10.1. The Labute approximate surface area is 83.0 Å². The molecular weight excluding hydrogens is 180 g/mol. The average molecular weight is 192 g/mol. The first kappa shape index (κ1) is 10.3. The molecule has 1 rings (SSSR count). The van der Waals surface area contributed by atoms with E-state index in [9.17, 15) is 10.2 Å². The molecule has 0 aliphatic carbocycles. The molecule has 0 radical (unpaired) electrons. The van der Waals surface area contributed by atoms with Crippen molar-refractivity contribution in [3.8, 4) is 29.6 Å². The molecule has 0 fully saturated rings. The van der Waals surface area contributed by atoms with Crippen molar-refractivity contribution in [1.82, 2.24) is 0 Å². The van der Waals surface area contributed by atoms with Crippen LogP contribution in [0.2, 0.25) is 0 Å². The highest BCUT2D eigenvalue weighted by Crippen LogP contribution is 2.36. The van der Waals surface area contributed by atoms with Gasteiger partial charge in [0.2, 0.25) is 5.75 Å². The van der Waals surface area contributed by atoms with Gasteiger partial charge < -0.3 is 14.9 Å². The Hall–Kier alpha value is -1.82. The van der Waals surface area contributed by atoms with E-state index in [1.54, 1.807) is 6.07 Å². The van der Waals surface area contributed by atoms with Crippen LogP contribution in [-0.4, -0.2) is 17.3 Å². The van der Waals surface area contributed by atoms with Crippen molar-refractivity contribution in [2.45, 2.75) is 12.8 Å². The zero-order valence-corrected chi connectivity index (χ0v) is 7.95. The molecule has 74 valence electrons. The topological polar surface area (TPSA) is 49.7 Å². The van der Waals surface area contributed by atoms with E-state index in [-0.39, 0.29) is 17.2 Å². The Bertz CT molecular complexity index is 364. The Morgan fingerprint density at radius 1 is 1.43 bits per heavy atom. The quantitative estimate of drug-likeness (QED) is 0.565. The summed E-state index contributed by atoms with van der Waals surface area (Å²) < 4.78 is 4.88. The zero-order valence-electron chi connectivity index (χ0n) is 7.95. The minimum absolute atomic E-state index is 0.184. The van der Waals surface area contributed by atoms with E-state index < -0.39 is 0 Å². The maximum absolute atomic E-state index is 9.33. The third kappa shape index (κ3) is 2.11. The molecule has 0 aliphatic rings. The van der Waals surface area contributed by atoms with Crippen LogP contribution in [0.1, 0.15) is 12.0 Å². The molecule has 1 aromatic carbocycles. The number of hydrogen-bond donors (Lipinski definition) is 2. The molecule has 0 spiro atoms. The van der Waals surface area contributed by atoms with Gasteiger partial charge in [0.05, 0.1) is 7.11 Å². The first-order valence-corrected chi connectivity index (χ1v) is 4.21. The van der Waals surface area contributed by atoms with E-state index in [1.807, 2.05) is 0 Å². The molecule has 0 aromatic heterocycles. The fourth-order valence-electron chi connectivity index (χ4n) is 1.17. The van der Waals surface area contributed by atoms with Crippen molar-refractivity contribution in [1.29, 1.82) is 0 Å². The second kappa shape index (κ2) is 4.43. The molecule has 2 N–H and O–H groups in total. The molecule has 3 nitrogen and oxygen atoms in total. The van der Waals surface area contributed by atoms with Gasteiger partial charge in [0, 0.05) is 6.42 Å².